The van der Waals surface area contributed by atoms with Crippen molar-refractivity contribution >= 4 is 33.2 Å². The summed E-state index contributed by atoms with van der Waals surface area (Å²) in [5.74, 6) is 0. The number of anilines is 2. The van der Waals surface area contributed by atoms with Crippen molar-refractivity contribution in [3.05, 3.63) is 78.4 Å². The topological polar surface area (TPSA) is 28.2 Å². The van der Waals surface area contributed by atoms with Crippen molar-refractivity contribution in [1.82, 2.24) is 4.98 Å². The Morgan fingerprint density at radius 1 is 0.750 bits per heavy atom. The molecule has 1 N–H and O–H groups in total. The number of aromatic nitrogens is 1. The van der Waals surface area contributed by atoms with Crippen molar-refractivity contribution < 1.29 is 0 Å². The molecule has 3 aromatic carbocycles. The summed E-state index contributed by atoms with van der Waals surface area (Å²) in [6, 6.07) is 25.2. The minimum atomic E-state index is 0.977. The van der Waals surface area contributed by atoms with E-state index in [1.807, 2.05) is 12.1 Å². The molecule has 5 rings (SSSR count). The number of benzene rings is 3. The Balaban J connectivity index is 1.70. The molecule has 3 nitrogen and oxygen atoms in total. The van der Waals surface area contributed by atoms with Gasteiger partial charge in [0.1, 0.15) is 0 Å². The molecular weight excluding hydrogens is 294 g/mol. The van der Waals surface area contributed by atoms with E-state index in [1.165, 1.54) is 11.3 Å². The molecule has 0 radical (unpaired) electrons. The van der Waals surface area contributed by atoms with E-state index >= 15 is 0 Å². The fourth-order valence-corrected chi connectivity index (χ4v) is 3.55. The van der Waals surface area contributed by atoms with Crippen LogP contribution < -0.4 is 10.4 Å². The molecule has 1 aliphatic rings. The van der Waals surface area contributed by atoms with E-state index in [0.29, 0.717) is 0 Å². The van der Waals surface area contributed by atoms with Crippen LogP contribution in [0.3, 0.4) is 0 Å². The molecule has 2 heterocycles. The van der Waals surface area contributed by atoms with Crippen LogP contribution >= 0.6 is 0 Å². The number of nitrogens with one attached hydrogen (secondary N) is 1. The van der Waals surface area contributed by atoms with Crippen LogP contribution in [0.2, 0.25) is 0 Å². The van der Waals surface area contributed by atoms with E-state index in [2.05, 4.69) is 71.1 Å². The van der Waals surface area contributed by atoms with Gasteiger partial charge in [0, 0.05) is 17.3 Å². The van der Waals surface area contributed by atoms with Crippen molar-refractivity contribution in [3.8, 4) is 0 Å². The third kappa shape index (κ3) is 2.02. The van der Waals surface area contributed by atoms with Gasteiger partial charge in [0.25, 0.3) is 0 Å². The predicted octanol–water partition coefficient (Wildman–Crippen LogP) is 4.78. The van der Waals surface area contributed by atoms with Crippen LogP contribution in [0.1, 0.15) is 5.56 Å². The number of nitrogens with zero attached hydrogens (tertiary/aromatic N) is 2. The highest BCUT2D eigenvalue weighted by atomic mass is 15.5. The first-order valence-corrected chi connectivity index (χ1v) is 8.30. The number of pyridine rings is 1. The summed E-state index contributed by atoms with van der Waals surface area (Å²) in [5.41, 5.74) is 9.51. The monoisotopic (exact) mass is 311 g/mol. The fraction of sp³-hybridized carbons (Fsp3) is 0.0952. The molecule has 1 aromatic heterocycles. The van der Waals surface area contributed by atoms with E-state index in [0.717, 1.165) is 40.5 Å². The third-order valence-electron chi connectivity index (χ3n) is 4.72. The Hall–Kier alpha value is -3.07. The number of hydrazine groups is 1. The average molecular weight is 311 g/mol. The lowest BCUT2D eigenvalue weighted by Crippen LogP contribution is -2.27. The average Bonchev–Trinajstić information content (AvgIpc) is 3.05. The Kier molecular flexibility index (Phi) is 2.92. The molecule has 0 fully saturated rings. The van der Waals surface area contributed by atoms with Crippen LogP contribution in [0.25, 0.3) is 21.8 Å². The third-order valence-corrected chi connectivity index (χ3v) is 4.72. The van der Waals surface area contributed by atoms with Crippen molar-refractivity contribution in [2.75, 3.05) is 17.0 Å². The smallest absolute Gasteiger partial charge is 0.0731 e. The van der Waals surface area contributed by atoms with Crippen molar-refractivity contribution in [1.29, 1.82) is 0 Å². The maximum Gasteiger partial charge on any atom is 0.0731 e. The zero-order valence-electron chi connectivity index (χ0n) is 13.2. The van der Waals surface area contributed by atoms with Crippen LogP contribution in [0.4, 0.5) is 11.4 Å². The molecule has 0 aliphatic carbocycles. The van der Waals surface area contributed by atoms with Crippen molar-refractivity contribution in [2.45, 2.75) is 6.42 Å². The van der Waals surface area contributed by atoms with E-state index in [4.69, 9.17) is 4.98 Å². The van der Waals surface area contributed by atoms with Gasteiger partial charge in [-0.1, -0.05) is 54.6 Å². The van der Waals surface area contributed by atoms with E-state index in [9.17, 15) is 0 Å². The molecule has 4 aromatic rings. The quantitative estimate of drug-likeness (QED) is 0.540. The van der Waals surface area contributed by atoms with E-state index < -0.39 is 0 Å². The fourth-order valence-electron chi connectivity index (χ4n) is 3.55. The summed E-state index contributed by atoms with van der Waals surface area (Å²) in [6.45, 7) is 0.977. The standard InChI is InChI=1S/C21H17N3/c1-6-12-20-15(7-1)13-14-24(20)23-21-16-8-2-4-10-18(16)22-19-11-5-3-9-17(19)21/h1-12H,13-14H2,(H,22,23). The molecule has 0 unspecified atom stereocenters. The van der Waals surface area contributed by atoms with Gasteiger partial charge in [-0.2, -0.15) is 0 Å². The van der Waals surface area contributed by atoms with Crippen LogP contribution in [-0.4, -0.2) is 11.5 Å². The van der Waals surface area contributed by atoms with Gasteiger partial charge in [-0.15, -0.1) is 0 Å². The first-order chi connectivity index (χ1) is 11.9. The second kappa shape index (κ2) is 5.24. The lowest BCUT2D eigenvalue weighted by Gasteiger charge is -2.24. The Morgan fingerprint density at radius 3 is 2.12 bits per heavy atom. The van der Waals surface area contributed by atoms with Gasteiger partial charge < -0.3 is 0 Å². The zero-order valence-corrected chi connectivity index (χ0v) is 13.2. The second-order valence-corrected chi connectivity index (χ2v) is 6.16. The van der Waals surface area contributed by atoms with Crippen LogP contribution in [0.5, 0.6) is 0 Å². The predicted molar refractivity (Wildman–Crippen MR) is 100 cm³/mol. The van der Waals surface area contributed by atoms with Gasteiger partial charge >= 0.3 is 0 Å². The molecule has 0 spiro atoms. The SMILES string of the molecule is c1ccc2c(c1)CCN2Nc1c2ccccc2nc2ccccc12. The van der Waals surface area contributed by atoms with Gasteiger partial charge in [-0.3, -0.25) is 10.4 Å². The highest BCUT2D eigenvalue weighted by molar-refractivity contribution is 6.07. The number of hydrogen-bond donors (Lipinski definition) is 1. The molecule has 0 bridgehead atoms. The molecule has 24 heavy (non-hydrogen) atoms. The molecule has 0 atom stereocenters. The first-order valence-electron chi connectivity index (χ1n) is 8.30. The summed E-state index contributed by atoms with van der Waals surface area (Å²) in [4.78, 5) is 4.80. The molecular formula is C21H17N3. The summed E-state index contributed by atoms with van der Waals surface area (Å²) >= 11 is 0. The Labute approximate surface area is 140 Å². The number of para-hydroxylation sites is 3. The first kappa shape index (κ1) is 13.4. The molecule has 3 heteroatoms. The highest BCUT2D eigenvalue weighted by Gasteiger charge is 2.20. The molecule has 116 valence electrons. The van der Waals surface area contributed by atoms with Gasteiger partial charge in [-0.25, -0.2) is 4.98 Å². The van der Waals surface area contributed by atoms with Gasteiger partial charge in [-0.05, 0) is 30.2 Å². The van der Waals surface area contributed by atoms with Crippen molar-refractivity contribution in [2.24, 2.45) is 0 Å². The molecule has 0 amide bonds. The van der Waals surface area contributed by atoms with Gasteiger partial charge in [0.15, 0.2) is 0 Å². The van der Waals surface area contributed by atoms with Gasteiger partial charge in [0.05, 0.1) is 22.4 Å². The zero-order chi connectivity index (χ0) is 15.9. The lowest BCUT2D eigenvalue weighted by molar-refractivity contribution is 0.942. The highest BCUT2D eigenvalue weighted by Crippen LogP contribution is 2.34. The van der Waals surface area contributed by atoms with E-state index in [-0.39, 0.29) is 0 Å². The van der Waals surface area contributed by atoms with E-state index in [1.54, 1.807) is 0 Å². The van der Waals surface area contributed by atoms with Crippen LogP contribution in [-0.2, 0) is 6.42 Å². The Bertz CT molecular complexity index is 1000. The minimum Gasteiger partial charge on any atom is -0.297 e. The van der Waals surface area contributed by atoms with Gasteiger partial charge in [0.2, 0.25) is 0 Å². The number of rotatable bonds is 2. The summed E-state index contributed by atoms with van der Waals surface area (Å²) in [6.07, 6.45) is 1.07. The summed E-state index contributed by atoms with van der Waals surface area (Å²) in [7, 11) is 0. The van der Waals surface area contributed by atoms with Crippen LogP contribution in [0.15, 0.2) is 72.8 Å². The normalized spacial score (nSPS) is 13.4. The van der Waals surface area contributed by atoms with Crippen LogP contribution in [0, 0.1) is 0 Å². The summed E-state index contributed by atoms with van der Waals surface area (Å²) < 4.78 is 0. The maximum atomic E-state index is 4.80. The Morgan fingerprint density at radius 2 is 1.38 bits per heavy atom. The van der Waals surface area contributed by atoms with Crippen molar-refractivity contribution in [3.63, 3.8) is 0 Å². The summed E-state index contributed by atoms with van der Waals surface area (Å²) in [5, 5.41) is 4.56. The largest absolute Gasteiger partial charge is 0.297 e. The molecule has 1 aliphatic heterocycles. The minimum absolute atomic E-state index is 0.977. The maximum absolute atomic E-state index is 4.80. The second-order valence-electron chi connectivity index (χ2n) is 6.16. The molecule has 0 saturated heterocycles. The lowest BCUT2D eigenvalue weighted by atomic mass is 10.1. The number of hydrogen-bond acceptors (Lipinski definition) is 3. The number of fused-ring (bicyclic) bond motifs is 3. The molecule has 0 saturated carbocycles.